The number of pyridine rings is 1. The van der Waals surface area contributed by atoms with Gasteiger partial charge in [0.1, 0.15) is 5.69 Å². The maximum Gasteiger partial charge on any atom is 0.198 e. The Hall–Kier alpha value is -1.91. The number of hydrogen-bond donors (Lipinski definition) is 0. The number of methoxy groups -OCH3 is 1. The van der Waals surface area contributed by atoms with Crippen LogP contribution in [0.1, 0.15) is 48.4 Å². The zero-order chi connectivity index (χ0) is 12.7. The molecule has 0 aliphatic heterocycles. The molecule has 0 aromatic carbocycles. The summed E-state index contributed by atoms with van der Waals surface area (Å²) in [4.78, 5) is 16.4. The van der Waals surface area contributed by atoms with Crippen molar-refractivity contribution in [2.24, 2.45) is 0 Å². The van der Waals surface area contributed by atoms with E-state index in [1.165, 1.54) is 0 Å². The molecule has 0 N–H and O–H groups in total. The molecule has 5 heteroatoms. The molecular formula is C13H15N3O2. The van der Waals surface area contributed by atoms with Gasteiger partial charge in [0.15, 0.2) is 23.0 Å². The van der Waals surface area contributed by atoms with Crippen molar-refractivity contribution >= 4 is 11.4 Å². The summed E-state index contributed by atoms with van der Waals surface area (Å²) in [5.41, 5.74) is 1.21. The molecule has 1 fully saturated rings. The van der Waals surface area contributed by atoms with E-state index in [1.54, 1.807) is 23.8 Å². The van der Waals surface area contributed by atoms with Crippen LogP contribution in [0.3, 0.4) is 0 Å². The topological polar surface area (TPSA) is 56.5 Å². The van der Waals surface area contributed by atoms with Crippen molar-refractivity contribution < 1.29 is 9.53 Å². The minimum atomic E-state index is 0.0647. The quantitative estimate of drug-likeness (QED) is 0.775. The van der Waals surface area contributed by atoms with Crippen LogP contribution < -0.4 is 4.74 Å². The first-order valence-corrected chi connectivity index (χ1v) is 6.21. The van der Waals surface area contributed by atoms with Crippen molar-refractivity contribution in [2.45, 2.75) is 32.1 Å². The molecule has 1 aliphatic carbocycles. The summed E-state index contributed by atoms with van der Waals surface area (Å²) >= 11 is 0. The molecule has 1 aliphatic rings. The summed E-state index contributed by atoms with van der Waals surface area (Å²) in [6.45, 7) is 1.84. The van der Waals surface area contributed by atoms with Gasteiger partial charge in [0.05, 0.1) is 7.11 Å². The van der Waals surface area contributed by atoms with Gasteiger partial charge in [-0.1, -0.05) is 6.92 Å². The van der Waals surface area contributed by atoms with Crippen molar-refractivity contribution in [1.29, 1.82) is 0 Å². The molecule has 18 heavy (non-hydrogen) atoms. The average molecular weight is 245 g/mol. The third kappa shape index (κ3) is 1.66. The molecule has 0 bridgehead atoms. The number of rotatable bonds is 4. The predicted octanol–water partition coefficient (Wildman–Crippen LogP) is 2.21. The summed E-state index contributed by atoms with van der Waals surface area (Å²) < 4.78 is 6.90. The first-order chi connectivity index (χ1) is 8.74. The van der Waals surface area contributed by atoms with Gasteiger partial charge in [-0.2, -0.15) is 5.10 Å². The molecule has 1 saturated carbocycles. The fourth-order valence-corrected chi connectivity index (χ4v) is 2.02. The number of carbonyl (C=O) groups excluding carboxylic acids is 1. The average Bonchev–Trinajstić information content (AvgIpc) is 3.15. The Morgan fingerprint density at radius 1 is 1.50 bits per heavy atom. The first kappa shape index (κ1) is 11.2. The van der Waals surface area contributed by atoms with Gasteiger partial charge in [0.25, 0.3) is 0 Å². The van der Waals surface area contributed by atoms with E-state index in [1.807, 2.05) is 6.92 Å². The maximum absolute atomic E-state index is 11.9. The van der Waals surface area contributed by atoms with Crippen LogP contribution >= 0.6 is 0 Å². The van der Waals surface area contributed by atoms with Crippen LogP contribution in [0.2, 0.25) is 0 Å². The summed E-state index contributed by atoms with van der Waals surface area (Å²) in [5.74, 6) is 2.00. The summed E-state index contributed by atoms with van der Waals surface area (Å²) in [7, 11) is 1.60. The van der Waals surface area contributed by atoms with Gasteiger partial charge in [-0.25, -0.2) is 9.50 Å². The Morgan fingerprint density at radius 2 is 2.28 bits per heavy atom. The van der Waals surface area contributed by atoms with Crippen LogP contribution in [0.4, 0.5) is 0 Å². The highest BCUT2D eigenvalue weighted by Crippen LogP contribution is 2.38. The van der Waals surface area contributed by atoms with Crippen molar-refractivity contribution in [2.75, 3.05) is 7.11 Å². The molecule has 0 amide bonds. The largest absolute Gasteiger partial charge is 0.493 e. The van der Waals surface area contributed by atoms with Crippen molar-refractivity contribution in [3.05, 3.63) is 23.7 Å². The lowest BCUT2D eigenvalue weighted by molar-refractivity contribution is 0.0981. The lowest BCUT2D eigenvalue weighted by atomic mass is 10.2. The normalized spacial score (nSPS) is 15.0. The van der Waals surface area contributed by atoms with Crippen molar-refractivity contribution in [1.82, 2.24) is 14.6 Å². The number of nitrogens with zero attached hydrogens (tertiary/aromatic N) is 3. The third-order valence-electron chi connectivity index (χ3n) is 3.23. The molecule has 0 saturated heterocycles. The van der Waals surface area contributed by atoms with Crippen LogP contribution in [0.15, 0.2) is 12.1 Å². The van der Waals surface area contributed by atoms with E-state index < -0.39 is 0 Å². The van der Waals surface area contributed by atoms with Gasteiger partial charge in [-0.15, -0.1) is 0 Å². The second-order valence-electron chi connectivity index (χ2n) is 4.54. The predicted molar refractivity (Wildman–Crippen MR) is 66.1 cm³/mol. The molecule has 5 nitrogen and oxygen atoms in total. The van der Waals surface area contributed by atoms with Crippen LogP contribution in [-0.2, 0) is 0 Å². The molecule has 0 atom stereocenters. The van der Waals surface area contributed by atoms with E-state index in [-0.39, 0.29) is 5.78 Å². The van der Waals surface area contributed by atoms with E-state index in [0.29, 0.717) is 29.4 Å². The summed E-state index contributed by atoms with van der Waals surface area (Å²) in [6, 6.07) is 3.53. The number of ether oxygens (including phenoxy) is 1. The minimum Gasteiger partial charge on any atom is -0.493 e. The monoisotopic (exact) mass is 245 g/mol. The van der Waals surface area contributed by atoms with Crippen molar-refractivity contribution in [3.8, 4) is 5.75 Å². The highest BCUT2D eigenvalue weighted by molar-refractivity contribution is 5.95. The molecule has 0 radical (unpaired) electrons. The third-order valence-corrected chi connectivity index (χ3v) is 3.23. The standard InChI is InChI=1S/C13H15N3O2/c1-3-10(17)9-6-7-11(18-2)13-14-12(8-4-5-8)15-16(9)13/h6-8H,3-5H2,1-2H3. The van der Waals surface area contributed by atoms with E-state index in [0.717, 1.165) is 18.7 Å². The molecule has 0 unspecified atom stereocenters. The van der Waals surface area contributed by atoms with Crippen LogP contribution in [-0.4, -0.2) is 27.5 Å². The van der Waals surface area contributed by atoms with E-state index >= 15 is 0 Å². The minimum absolute atomic E-state index is 0.0647. The van der Waals surface area contributed by atoms with Gasteiger partial charge >= 0.3 is 0 Å². The Balaban J connectivity index is 2.22. The van der Waals surface area contributed by atoms with E-state index in [4.69, 9.17) is 4.74 Å². The molecule has 2 aromatic heterocycles. The fraction of sp³-hybridized carbons (Fsp3) is 0.462. The lowest BCUT2D eigenvalue weighted by Gasteiger charge is -2.04. The van der Waals surface area contributed by atoms with E-state index in [2.05, 4.69) is 10.1 Å². The number of hydrogen-bond acceptors (Lipinski definition) is 4. The first-order valence-electron chi connectivity index (χ1n) is 6.21. The molecular weight excluding hydrogens is 230 g/mol. The number of aromatic nitrogens is 3. The van der Waals surface area contributed by atoms with Crippen LogP contribution in [0.25, 0.3) is 5.65 Å². The lowest BCUT2D eigenvalue weighted by Crippen LogP contribution is -2.07. The second-order valence-corrected chi connectivity index (χ2v) is 4.54. The summed E-state index contributed by atoms with van der Waals surface area (Å²) in [5, 5.41) is 4.46. The van der Waals surface area contributed by atoms with Crippen LogP contribution in [0, 0.1) is 0 Å². The van der Waals surface area contributed by atoms with E-state index in [9.17, 15) is 4.79 Å². The second kappa shape index (κ2) is 4.08. The van der Waals surface area contributed by atoms with Gasteiger partial charge in [-0.05, 0) is 25.0 Å². The Kier molecular flexibility index (Phi) is 2.54. The molecule has 2 aromatic rings. The SMILES string of the molecule is CCC(=O)c1ccc(OC)c2nc(C3CC3)nn12. The smallest absolute Gasteiger partial charge is 0.198 e. The zero-order valence-corrected chi connectivity index (χ0v) is 10.5. The highest BCUT2D eigenvalue weighted by atomic mass is 16.5. The number of carbonyl (C=O) groups is 1. The molecule has 3 rings (SSSR count). The number of ketones is 1. The molecule has 0 spiro atoms. The van der Waals surface area contributed by atoms with Gasteiger partial charge < -0.3 is 4.74 Å². The van der Waals surface area contributed by atoms with Gasteiger partial charge in [0.2, 0.25) is 0 Å². The highest BCUT2D eigenvalue weighted by Gasteiger charge is 2.29. The summed E-state index contributed by atoms with van der Waals surface area (Å²) in [6.07, 6.45) is 2.73. The number of fused-ring (bicyclic) bond motifs is 1. The Labute approximate surface area is 105 Å². The zero-order valence-electron chi connectivity index (χ0n) is 10.5. The Bertz CT molecular complexity index is 614. The maximum atomic E-state index is 11.9. The molecule has 2 heterocycles. The van der Waals surface area contributed by atoms with Crippen LogP contribution in [0.5, 0.6) is 5.75 Å². The fourth-order valence-electron chi connectivity index (χ4n) is 2.02. The number of Topliss-reactive ketones (excluding diaryl/α,β-unsaturated/α-hetero) is 1. The van der Waals surface area contributed by atoms with Gasteiger partial charge in [-0.3, -0.25) is 4.79 Å². The Morgan fingerprint density at radius 3 is 2.89 bits per heavy atom. The molecule has 94 valence electrons. The van der Waals surface area contributed by atoms with Crippen molar-refractivity contribution in [3.63, 3.8) is 0 Å². The van der Waals surface area contributed by atoms with Gasteiger partial charge in [0, 0.05) is 12.3 Å².